The molecule has 0 amide bonds. The van der Waals surface area contributed by atoms with E-state index in [1.807, 2.05) is 31.2 Å². The first-order valence-corrected chi connectivity index (χ1v) is 6.12. The van der Waals surface area contributed by atoms with Crippen molar-refractivity contribution in [2.75, 3.05) is 5.32 Å². The van der Waals surface area contributed by atoms with E-state index in [4.69, 9.17) is 17.4 Å². The first-order valence-electron chi connectivity index (χ1n) is 4.93. The zero-order valence-electron chi connectivity index (χ0n) is 9.14. The highest BCUT2D eigenvalue weighted by Gasteiger charge is 2.08. The summed E-state index contributed by atoms with van der Waals surface area (Å²) in [5.74, 6) is 5.08. The predicted octanol–water partition coefficient (Wildman–Crippen LogP) is 3.14. The number of hydrazone groups is 1. The van der Waals surface area contributed by atoms with Gasteiger partial charge in [0.25, 0.3) is 0 Å². The van der Waals surface area contributed by atoms with Crippen LogP contribution in [0.3, 0.4) is 0 Å². The third-order valence-corrected chi connectivity index (χ3v) is 3.49. The number of nitrogens with two attached hydrogens (primary N) is 1. The largest absolute Gasteiger partial charge is 0.331 e. The van der Waals surface area contributed by atoms with Crippen LogP contribution in [0, 0.1) is 6.92 Å². The Morgan fingerprint density at radius 1 is 1.47 bits per heavy atom. The van der Waals surface area contributed by atoms with Gasteiger partial charge in [0.05, 0.1) is 11.1 Å². The van der Waals surface area contributed by atoms with Gasteiger partial charge in [-0.1, -0.05) is 41.1 Å². The van der Waals surface area contributed by atoms with Crippen molar-refractivity contribution < 1.29 is 0 Å². The molecule has 0 spiro atoms. The first-order chi connectivity index (χ1) is 8.20. The molecule has 0 bridgehead atoms. The minimum Gasteiger partial charge on any atom is -0.331 e. The number of nitrogens with zero attached hydrogens (tertiary/aromatic N) is 2. The Balaban J connectivity index is 2.25. The van der Waals surface area contributed by atoms with Crippen molar-refractivity contribution >= 4 is 40.0 Å². The molecule has 0 aliphatic heterocycles. The molecule has 1 aromatic heterocycles. The molecule has 0 atom stereocenters. The van der Waals surface area contributed by atoms with Crippen molar-refractivity contribution in [2.45, 2.75) is 6.92 Å². The van der Waals surface area contributed by atoms with Crippen LogP contribution in [-0.4, -0.2) is 11.2 Å². The summed E-state index contributed by atoms with van der Waals surface area (Å²) in [4.78, 5) is 4.93. The van der Waals surface area contributed by atoms with Gasteiger partial charge in [-0.15, -0.1) is 0 Å². The normalized spacial score (nSPS) is 10.9. The minimum absolute atomic E-state index is 0.403. The van der Waals surface area contributed by atoms with Crippen molar-refractivity contribution in [1.29, 1.82) is 0 Å². The van der Waals surface area contributed by atoms with Crippen molar-refractivity contribution in [3.8, 4) is 0 Å². The fourth-order valence-electron chi connectivity index (χ4n) is 1.34. The Hall–Kier alpha value is -1.59. The molecule has 3 N–H and O–H groups in total. The third kappa shape index (κ3) is 2.75. The number of benzene rings is 1. The maximum Gasteiger partial charge on any atom is 0.189 e. The van der Waals surface area contributed by atoms with Crippen molar-refractivity contribution in [3.63, 3.8) is 0 Å². The first kappa shape index (κ1) is 11.9. The van der Waals surface area contributed by atoms with E-state index in [1.165, 1.54) is 17.6 Å². The van der Waals surface area contributed by atoms with Crippen LogP contribution in [0.15, 0.2) is 29.4 Å². The average molecular weight is 267 g/mol. The van der Waals surface area contributed by atoms with Crippen molar-refractivity contribution in [2.24, 2.45) is 10.9 Å². The molecular formula is C11H11ClN4S. The highest BCUT2D eigenvalue weighted by molar-refractivity contribution is 7.17. The smallest absolute Gasteiger partial charge is 0.189 e. The number of aromatic nitrogens is 1. The number of hydrogen-bond donors (Lipinski definition) is 2. The van der Waals surface area contributed by atoms with Crippen molar-refractivity contribution in [3.05, 3.63) is 39.9 Å². The molecule has 0 fully saturated rings. The summed E-state index contributed by atoms with van der Waals surface area (Å²) in [6, 6.07) is 7.97. The standard InChI is InChI=1S/C11H11ClN4S/c1-7-4-2-3-5-8(7)15-11-16-10(12)9(17-11)6-14-13/h2-6H,13H2,1H3,(H,15,16)/b14-6+. The molecule has 0 saturated carbocycles. The molecule has 1 heterocycles. The number of thiazole rings is 1. The topological polar surface area (TPSA) is 63.3 Å². The van der Waals surface area contributed by atoms with Crippen LogP contribution in [0.1, 0.15) is 10.4 Å². The van der Waals surface area contributed by atoms with E-state index in [2.05, 4.69) is 15.4 Å². The number of hydrogen-bond acceptors (Lipinski definition) is 5. The Labute approximate surface area is 108 Å². The summed E-state index contributed by atoms with van der Waals surface area (Å²) in [7, 11) is 0. The Bertz CT molecular complexity index is 550. The molecule has 0 aliphatic carbocycles. The lowest BCUT2D eigenvalue weighted by Crippen LogP contribution is -1.91. The number of aryl methyl sites for hydroxylation is 1. The fourth-order valence-corrected chi connectivity index (χ4v) is 2.39. The molecule has 2 aromatic rings. The summed E-state index contributed by atoms with van der Waals surface area (Å²) in [5, 5.41) is 7.77. The molecule has 1 aromatic carbocycles. The van der Waals surface area contributed by atoms with Crippen LogP contribution >= 0.6 is 22.9 Å². The van der Waals surface area contributed by atoms with E-state index >= 15 is 0 Å². The molecular weight excluding hydrogens is 256 g/mol. The number of para-hydroxylation sites is 1. The predicted molar refractivity (Wildman–Crippen MR) is 73.4 cm³/mol. The molecule has 0 saturated heterocycles. The second-order valence-corrected chi connectivity index (χ2v) is 4.78. The lowest BCUT2D eigenvalue weighted by molar-refractivity contribution is 1.26. The van der Waals surface area contributed by atoms with Gasteiger partial charge in [0.2, 0.25) is 0 Å². The summed E-state index contributed by atoms with van der Waals surface area (Å²) >= 11 is 7.35. The molecule has 88 valence electrons. The van der Waals surface area contributed by atoms with E-state index in [0.717, 1.165) is 21.3 Å². The molecule has 0 radical (unpaired) electrons. The van der Waals surface area contributed by atoms with Crippen LogP contribution in [0.5, 0.6) is 0 Å². The zero-order valence-corrected chi connectivity index (χ0v) is 10.7. The Morgan fingerprint density at radius 3 is 2.94 bits per heavy atom. The van der Waals surface area contributed by atoms with Crippen LogP contribution in [0.2, 0.25) is 5.15 Å². The quantitative estimate of drug-likeness (QED) is 0.510. The Morgan fingerprint density at radius 2 is 2.24 bits per heavy atom. The zero-order chi connectivity index (χ0) is 12.3. The Kier molecular flexibility index (Phi) is 3.61. The van der Waals surface area contributed by atoms with Gasteiger partial charge in [-0.25, -0.2) is 4.98 Å². The third-order valence-electron chi connectivity index (χ3n) is 2.19. The number of halogens is 1. The summed E-state index contributed by atoms with van der Waals surface area (Å²) < 4.78 is 0. The molecule has 6 heteroatoms. The maximum absolute atomic E-state index is 5.94. The minimum atomic E-state index is 0.403. The van der Waals surface area contributed by atoms with E-state index in [9.17, 15) is 0 Å². The van der Waals surface area contributed by atoms with Gasteiger partial charge in [-0.2, -0.15) is 5.10 Å². The fraction of sp³-hybridized carbons (Fsp3) is 0.0909. The second kappa shape index (κ2) is 5.16. The van der Waals surface area contributed by atoms with E-state index in [0.29, 0.717) is 5.15 Å². The average Bonchev–Trinajstić information content (AvgIpc) is 2.63. The molecule has 0 unspecified atom stereocenters. The lowest BCUT2D eigenvalue weighted by atomic mass is 10.2. The van der Waals surface area contributed by atoms with Gasteiger partial charge in [0.15, 0.2) is 10.3 Å². The molecule has 2 rings (SSSR count). The monoisotopic (exact) mass is 266 g/mol. The summed E-state index contributed by atoms with van der Waals surface area (Å²) in [6.07, 6.45) is 1.49. The van der Waals surface area contributed by atoms with Gasteiger partial charge in [0, 0.05) is 5.69 Å². The molecule has 0 aliphatic rings. The number of anilines is 2. The summed E-state index contributed by atoms with van der Waals surface area (Å²) in [6.45, 7) is 2.03. The van der Waals surface area contributed by atoms with Crippen LogP contribution in [0.25, 0.3) is 0 Å². The number of rotatable bonds is 3. The maximum atomic E-state index is 5.94. The van der Waals surface area contributed by atoms with Gasteiger partial charge in [-0.05, 0) is 18.6 Å². The van der Waals surface area contributed by atoms with Crippen LogP contribution < -0.4 is 11.2 Å². The van der Waals surface area contributed by atoms with Gasteiger partial charge >= 0.3 is 0 Å². The van der Waals surface area contributed by atoms with E-state index in [-0.39, 0.29) is 0 Å². The summed E-state index contributed by atoms with van der Waals surface area (Å²) in [5.41, 5.74) is 2.15. The van der Waals surface area contributed by atoms with E-state index < -0.39 is 0 Å². The van der Waals surface area contributed by atoms with Crippen LogP contribution in [0.4, 0.5) is 10.8 Å². The van der Waals surface area contributed by atoms with Crippen molar-refractivity contribution in [1.82, 2.24) is 4.98 Å². The van der Waals surface area contributed by atoms with Gasteiger partial charge < -0.3 is 11.2 Å². The number of nitrogens with one attached hydrogen (secondary N) is 1. The highest BCUT2D eigenvalue weighted by atomic mass is 35.5. The van der Waals surface area contributed by atoms with E-state index in [1.54, 1.807) is 0 Å². The lowest BCUT2D eigenvalue weighted by Gasteiger charge is -2.04. The molecule has 17 heavy (non-hydrogen) atoms. The highest BCUT2D eigenvalue weighted by Crippen LogP contribution is 2.28. The SMILES string of the molecule is Cc1ccccc1Nc1nc(Cl)c(/C=N/N)s1. The van der Waals surface area contributed by atoms with Gasteiger partial charge in [-0.3, -0.25) is 0 Å². The molecule has 4 nitrogen and oxygen atoms in total. The van der Waals surface area contributed by atoms with Gasteiger partial charge in [0.1, 0.15) is 0 Å². The van der Waals surface area contributed by atoms with Crippen LogP contribution in [-0.2, 0) is 0 Å². The second-order valence-electron chi connectivity index (χ2n) is 3.39.